The molecule has 0 bridgehead atoms. The normalized spacial score (nSPS) is 23.7. The summed E-state index contributed by atoms with van der Waals surface area (Å²) in [5.74, 6) is 0.281. The third-order valence-electron chi connectivity index (χ3n) is 4.44. The molecule has 1 N–H and O–H groups in total. The third kappa shape index (κ3) is 1.95. The number of nitrogens with zero attached hydrogens (tertiary/aromatic N) is 1. The number of fused-ring (bicyclic) bond motifs is 1. The van der Waals surface area contributed by atoms with Gasteiger partial charge in [0.05, 0.1) is 6.04 Å². The molecule has 21 heavy (non-hydrogen) atoms. The monoisotopic (exact) mass is 300 g/mol. The topological polar surface area (TPSA) is 49.4 Å². The number of carbonyl (C=O) groups excluding carboxylic acids is 2. The maximum Gasteiger partial charge on any atom is 0.325 e. The molecule has 5 heteroatoms. The minimum absolute atomic E-state index is 0.0646. The maximum absolute atomic E-state index is 12.5. The minimum atomic E-state index is -0.301. The van der Waals surface area contributed by atoms with Crippen molar-refractivity contribution in [1.29, 1.82) is 0 Å². The van der Waals surface area contributed by atoms with Crippen LogP contribution in [0, 0.1) is 5.92 Å². The van der Waals surface area contributed by atoms with Crippen molar-refractivity contribution in [2.24, 2.45) is 5.92 Å². The first kappa shape index (κ1) is 12.8. The number of rotatable bonds is 3. The van der Waals surface area contributed by atoms with Gasteiger partial charge in [0.15, 0.2) is 0 Å². The van der Waals surface area contributed by atoms with Crippen molar-refractivity contribution < 1.29 is 9.59 Å². The zero-order chi connectivity index (χ0) is 14.6. The van der Waals surface area contributed by atoms with Gasteiger partial charge in [-0.3, -0.25) is 9.69 Å². The van der Waals surface area contributed by atoms with Crippen LogP contribution in [-0.4, -0.2) is 22.9 Å². The number of carbonyl (C=O) groups is 2. The number of benzene rings is 1. The molecule has 3 amide bonds. The second-order valence-electron chi connectivity index (χ2n) is 5.84. The van der Waals surface area contributed by atoms with E-state index < -0.39 is 0 Å². The number of amides is 3. The van der Waals surface area contributed by atoms with E-state index in [2.05, 4.69) is 22.8 Å². The Bertz CT molecular complexity index is 735. The van der Waals surface area contributed by atoms with E-state index in [-0.39, 0.29) is 24.0 Å². The molecule has 1 aliphatic heterocycles. The zero-order valence-corrected chi connectivity index (χ0v) is 12.5. The van der Waals surface area contributed by atoms with E-state index in [0.717, 1.165) is 23.8 Å². The van der Waals surface area contributed by atoms with Crippen LogP contribution in [0.1, 0.15) is 31.4 Å². The first-order valence-corrected chi connectivity index (χ1v) is 8.14. The lowest BCUT2D eigenvalue weighted by molar-refractivity contribution is -0.129. The molecule has 108 valence electrons. The third-order valence-corrected chi connectivity index (χ3v) is 5.42. The Morgan fingerprint density at radius 1 is 1.29 bits per heavy atom. The highest BCUT2D eigenvalue weighted by atomic mass is 32.1. The van der Waals surface area contributed by atoms with Crippen LogP contribution in [0.4, 0.5) is 4.79 Å². The van der Waals surface area contributed by atoms with E-state index in [4.69, 9.17) is 0 Å². The van der Waals surface area contributed by atoms with Gasteiger partial charge < -0.3 is 5.32 Å². The molecule has 1 aromatic carbocycles. The quantitative estimate of drug-likeness (QED) is 0.884. The van der Waals surface area contributed by atoms with E-state index in [1.165, 1.54) is 9.60 Å². The summed E-state index contributed by atoms with van der Waals surface area (Å²) in [6, 6.07) is 7.33. The van der Waals surface area contributed by atoms with Crippen molar-refractivity contribution in [3.63, 3.8) is 0 Å². The summed E-state index contributed by atoms with van der Waals surface area (Å²) < 4.78 is 1.19. The van der Waals surface area contributed by atoms with Crippen LogP contribution >= 0.6 is 11.3 Å². The number of hydrogen-bond donors (Lipinski definition) is 1. The van der Waals surface area contributed by atoms with Crippen molar-refractivity contribution in [2.45, 2.75) is 31.8 Å². The average Bonchev–Trinajstić information content (AvgIpc) is 3.15. The van der Waals surface area contributed by atoms with E-state index >= 15 is 0 Å². The first-order chi connectivity index (χ1) is 10.2. The van der Waals surface area contributed by atoms with Gasteiger partial charge in [0.2, 0.25) is 0 Å². The molecule has 1 saturated carbocycles. The minimum Gasteiger partial charge on any atom is -0.325 e. The highest BCUT2D eigenvalue weighted by molar-refractivity contribution is 7.17. The molecule has 1 saturated heterocycles. The molecule has 1 aliphatic carbocycles. The number of hydrogen-bond acceptors (Lipinski definition) is 3. The Labute approximate surface area is 126 Å². The fourth-order valence-electron chi connectivity index (χ4n) is 3.09. The number of thiophene rings is 1. The smallest absolute Gasteiger partial charge is 0.325 e. The molecule has 2 aliphatic rings. The van der Waals surface area contributed by atoms with Gasteiger partial charge in [0.1, 0.15) is 6.04 Å². The van der Waals surface area contributed by atoms with E-state index in [1.54, 1.807) is 11.3 Å². The van der Waals surface area contributed by atoms with Gasteiger partial charge in [-0.1, -0.05) is 18.2 Å². The Kier molecular flexibility index (Phi) is 2.79. The van der Waals surface area contributed by atoms with Crippen LogP contribution in [0.15, 0.2) is 29.6 Å². The second-order valence-corrected chi connectivity index (χ2v) is 6.75. The van der Waals surface area contributed by atoms with Crippen molar-refractivity contribution >= 4 is 33.4 Å². The molecular formula is C16H16N2O2S. The summed E-state index contributed by atoms with van der Waals surface area (Å²) in [6.45, 7) is 1.93. The Morgan fingerprint density at radius 3 is 2.81 bits per heavy atom. The molecule has 1 aromatic heterocycles. The molecule has 2 aromatic rings. The lowest BCUT2D eigenvalue weighted by atomic mass is 10.1. The predicted octanol–water partition coefficient (Wildman–Crippen LogP) is 3.29. The second kappa shape index (κ2) is 4.56. The summed E-state index contributed by atoms with van der Waals surface area (Å²) >= 11 is 1.65. The molecule has 2 atom stereocenters. The lowest BCUT2D eigenvalue weighted by Crippen LogP contribution is -2.34. The number of imide groups is 1. The summed E-state index contributed by atoms with van der Waals surface area (Å²) in [7, 11) is 0. The van der Waals surface area contributed by atoms with Crippen LogP contribution in [-0.2, 0) is 4.79 Å². The molecule has 2 unspecified atom stereocenters. The fraction of sp³-hybridized carbons (Fsp3) is 0.375. The SMILES string of the molecule is CC(c1csc2ccccc12)N1C(=O)NC(C2CC2)C1=O. The van der Waals surface area contributed by atoms with Gasteiger partial charge in [0.25, 0.3) is 5.91 Å². The van der Waals surface area contributed by atoms with E-state index in [1.807, 2.05) is 19.1 Å². The van der Waals surface area contributed by atoms with Crippen molar-refractivity contribution in [2.75, 3.05) is 0 Å². The lowest BCUT2D eigenvalue weighted by Gasteiger charge is -2.21. The van der Waals surface area contributed by atoms with Crippen LogP contribution in [0.3, 0.4) is 0 Å². The van der Waals surface area contributed by atoms with E-state index in [9.17, 15) is 9.59 Å². The Balaban J connectivity index is 1.69. The van der Waals surface area contributed by atoms with Crippen molar-refractivity contribution in [3.8, 4) is 0 Å². The molecule has 4 rings (SSSR count). The zero-order valence-electron chi connectivity index (χ0n) is 11.7. The summed E-state index contributed by atoms with van der Waals surface area (Å²) in [6.07, 6.45) is 2.08. The molecular weight excluding hydrogens is 284 g/mol. The van der Waals surface area contributed by atoms with Crippen molar-refractivity contribution in [3.05, 3.63) is 35.2 Å². The van der Waals surface area contributed by atoms with Crippen LogP contribution in [0.2, 0.25) is 0 Å². The number of nitrogens with one attached hydrogen (secondary N) is 1. The van der Waals surface area contributed by atoms with Gasteiger partial charge >= 0.3 is 6.03 Å². The highest BCUT2D eigenvalue weighted by Crippen LogP contribution is 2.39. The van der Waals surface area contributed by atoms with Gasteiger partial charge in [-0.15, -0.1) is 11.3 Å². The van der Waals surface area contributed by atoms with Crippen LogP contribution in [0.25, 0.3) is 10.1 Å². The molecule has 4 nitrogen and oxygen atoms in total. The highest BCUT2D eigenvalue weighted by Gasteiger charge is 2.48. The average molecular weight is 300 g/mol. The molecule has 2 heterocycles. The fourth-order valence-corrected chi connectivity index (χ4v) is 4.14. The van der Waals surface area contributed by atoms with Gasteiger partial charge in [-0.05, 0) is 48.1 Å². The van der Waals surface area contributed by atoms with Gasteiger partial charge in [0, 0.05) is 4.70 Å². The van der Waals surface area contributed by atoms with Gasteiger partial charge in [-0.2, -0.15) is 0 Å². The Morgan fingerprint density at radius 2 is 2.05 bits per heavy atom. The predicted molar refractivity (Wildman–Crippen MR) is 82.1 cm³/mol. The summed E-state index contributed by atoms with van der Waals surface area (Å²) in [5, 5.41) is 6.03. The van der Waals surface area contributed by atoms with Crippen LogP contribution in [0.5, 0.6) is 0 Å². The number of urea groups is 1. The molecule has 2 fully saturated rings. The largest absolute Gasteiger partial charge is 0.325 e. The van der Waals surface area contributed by atoms with Crippen LogP contribution < -0.4 is 5.32 Å². The van der Waals surface area contributed by atoms with Gasteiger partial charge in [-0.25, -0.2) is 4.79 Å². The van der Waals surface area contributed by atoms with Crippen molar-refractivity contribution in [1.82, 2.24) is 10.2 Å². The Hall–Kier alpha value is -1.88. The maximum atomic E-state index is 12.5. The first-order valence-electron chi connectivity index (χ1n) is 7.26. The molecule has 0 spiro atoms. The standard InChI is InChI=1S/C16H16N2O2S/c1-9(12-8-21-13-5-3-2-4-11(12)13)18-15(19)14(10-6-7-10)17-16(18)20/h2-5,8-10,14H,6-7H2,1H3,(H,17,20). The summed E-state index contributed by atoms with van der Waals surface area (Å²) in [4.78, 5) is 26.1. The summed E-state index contributed by atoms with van der Waals surface area (Å²) in [5.41, 5.74) is 1.05. The van der Waals surface area contributed by atoms with E-state index in [0.29, 0.717) is 5.92 Å². The molecule has 0 radical (unpaired) electrons.